The summed E-state index contributed by atoms with van der Waals surface area (Å²) in [6, 6.07) is 0. The molecule has 0 aliphatic heterocycles. The number of hydrogen-bond acceptors (Lipinski definition) is 12. The van der Waals surface area contributed by atoms with Crippen LogP contribution in [0.5, 0.6) is 0 Å². The molecule has 0 radical (unpaired) electrons. The van der Waals surface area contributed by atoms with Crippen molar-refractivity contribution >= 4 is 23.9 Å². The maximum atomic E-state index is 8.89. The smallest absolute Gasteiger partial charge is 0.550 e. The fourth-order valence-electron chi connectivity index (χ4n) is 1.44. The first kappa shape index (κ1) is 54.0. The largest absolute Gasteiger partial charge is 2.00 e. The number of carboxylic acids is 4. The Kier molecular flexibility index (Phi) is 78.2. The molecule has 0 fully saturated rings. The van der Waals surface area contributed by atoms with Crippen molar-refractivity contribution in [3.8, 4) is 0 Å². The second kappa shape index (κ2) is 49.2. The predicted molar refractivity (Wildman–Crippen MR) is 116 cm³/mol. The van der Waals surface area contributed by atoms with E-state index in [0.717, 1.165) is 80.1 Å². The minimum Gasteiger partial charge on any atom is -0.550 e. The number of nitrogens with two attached hydrogens (primary N) is 2. The maximum Gasteiger partial charge on any atom is 2.00 e. The van der Waals surface area contributed by atoms with E-state index in [1.165, 1.54) is 0 Å². The molecule has 0 unspecified atom stereocenters. The van der Waals surface area contributed by atoms with Gasteiger partial charge in [0.1, 0.15) is 0 Å². The Morgan fingerprint density at radius 1 is 0.529 bits per heavy atom. The van der Waals surface area contributed by atoms with Crippen LogP contribution in [0.4, 0.5) is 0 Å². The van der Waals surface area contributed by atoms with Crippen LogP contribution in [0.2, 0.25) is 0 Å². The molecule has 0 aliphatic rings. The molecule has 0 saturated heterocycles. The van der Waals surface area contributed by atoms with Crippen molar-refractivity contribution in [1.29, 1.82) is 0 Å². The molecular weight excluding hydrogens is 555 g/mol. The van der Waals surface area contributed by atoms with Crippen LogP contribution in [0.15, 0.2) is 0 Å². The van der Waals surface area contributed by atoms with Crippen molar-refractivity contribution in [2.45, 2.75) is 55.4 Å². The van der Waals surface area contributed by atoms with E-state index in [2.05, 4.69) is 37.5 Å². The monoisotopic (exact) mass is 596 g/mol. The number of likely N-dealkylation sites (N-methyl/N-ethyl adjacent to an activating group) is 2. The standard InChI is InChI=1S/2C6H16N2.4C2H4O2.2Zn/c2*1-3-8(4-2)6-5-7;4*1-2(3)4;;/h2*3-7H2,1-2H3;4*1H3,(H,3,4);;/q;;;;;;2*+2/p-4. The number of hydrogen-bond donors (Lipinski definition) is 2. The van der Waals surface area contributed by atoms with E-state index < -0.39 is 23.9 Å². The molecule has 196 valence electrons. The van der Waals surface area contributed by atoms with Crippen molar-refractivity contribution in [3.05, 3.63) is 0 Å². The third-order valence-corrected chi connectivity index (χ3v) is 2.68. The summed E-state index contributed by atoms with van der Waals surface area (Å²) >= 11 is 0. The van der Waals surface area contributed by atoms with Crippen LogP contribution in [-0.2, 0) is 58.1 Å². The topological polar surface area (TPSA) is 219 Å². The minimum absolute atomic E-state index is 0. The van der Waals surface area contributed by atoms with Crippen molar-refractivity contribution in [2.75, 3.05) is 52.4 Å². The normalized spacial score (nSPS) is 7.88. The summed E-state index contributed by atoms with van der Waals surface area (Å²) in [6.45, 7) is 20.6. The van der Waals surface area contributed by atoms with Crippen LogP contribution in [-0.4, -0.2) is 86.0 Å². The summed E-state index contributed by atoms with van der Waals surface area (Å²) in [5, 5.41) is 35.6. The van der Waals surface area contributed by atoms with E-state index in [9.17, 15) is 0 Å². The van der Waals surface area contributed by atoms with Crippen molar-refractivity contribution in [3.63, 3.8) is 0 Å². The minimum atomic E-state index is -1.08. The van der Waals surface area contributed by atoms with Crippen LogP contribution in [0.1, 0.15) is 55.4 Å². The Hall–Kier alpha value is -1.03. The first-order chi connectivity index (χ1) is 14.6. The number of carbonyl (C=O) groups is 4. The van der Waals surface area contributed by atoms with Gasteiger partial charge in [0.15, 0.2) is 0 Å². The summed E-state index contributed by atoms with van der Waals surface area (Å²) in [5.41, 5.74) is 10.7. The number of aliphatic carboxylic acids is 4. The first-order valence-electron chi connectivity index (χ1n) is 10.2. The molecule has 0 aromatic heterocycles. The van der Waals surface area contributed by atoms with Crippen molar-refractivity contribution in [1.82, 2.24) is 9.80 Å². The second-order valence-corrected chi connectivity index (χ2v) is 5.60. The third-order valence-electron chi connectivity index (χ3n) is 2.68. The molecule has 14 heteroatoms. The zero-order chi connectivity index (χ0) is 27.1. The van der Waals surface area contributed by atoms with Gasteiger partial charge in [0.25, 0.3) is 0 Å². The number of rotatable bonds is 8. The van der Waals surface area contributed by atoms with Crippen molar-refractivity contribution < 1.29 is 78.6 Å². The van der Waals surface area contributed by atoms with E-state index in [1.54, 1.807) is 0 Å². The zero-order valence-electron chi connectivity index (χ0n) is 22.4. The average Bonchev–Trinajstić information content (AvgIpc) is 2.63. The Labute approximate surface area is 230 Å². The number of carbonyl (C=O) groups excluding carboxylic acids is 4. The SMILES string of the molecule is CC(=O)[O-].CC(=O)[O-].CC(=O)[O-].CC(=O)[O-].CCN(CC)CCN.CCN(CC)CCN.[Zn+2].[Zn+2]. The Morgan fingerprint density at radius 3 is 0.676 bits per heavy atom. The molecule has 0 aromatic carbocycles. The molecular formula is C20H44N4O8Zn2. The Balaban J connectivity index is -0.0000000407. The molecule has 0 heterocycles. The number of carboxylic acid groups (broad SMARTS) is 4. The first-order valence-corrected chi connectivity index (χ1v) is 10.2. The zero-order valence-corrected chi connectivity index (χ0v) is 28.3. The molecule has 0 aliphatic carbocycles. The molecule has 0 aromatic rings. The van der Waals surface area contributed by atoms with Crippen LogP contribution in [0, 0.1) is 0 Å². The molecule has 0 saturated carbocycles. The van der Waals surface area contributed by atoms with Gasteiger partial charge in [0.05, 0.1) is 0 Å². The fourth-order valence-corrected chi connectivity index (χ4v) is 1.44. The van der Waals surface area contributed by atoms with Gasteiger partial charge in [0.2, 0.25) is 0 Å². The third kappa shape index (κ3) is 165. The van der Waals surface area contributed by atoms with E-state index in [-0.39, 0.29) is 39.0 Å². The van der Waals surface area contributed by atoms with Crippen LogP contribution >= 0.6 is 0 Å². The van der Waals surface area contributed by atoms with Gasteiger partial charge in [-0.1, -0.05) is 27.7 Å². The number of nitrogens with zero attached hydrogens (tertiary/aromatic N) is 2. The van der Waals surface area contributed by atoms with Gasteiger partial charge in [-0.2, -0.15) is 0 Å². The van der Waals surface area contributed by atoms with Gasteiger partial charge in [0, 0.05) is 50.1 Å². The van der Waals surface area contributed by atoms with Gasteiger partial charge >= 0.3 is 39.0 Å². The second-order valence-electron chi connectivity index (χ2n) is 5.60. The average molecular weight is 599 g/mol. The van der Waals surface area contributed by atoms with Crippen LogP contribution in [0.3, 0.4) is 0 Å². The Morgan fingerprint density at radius 2 is 0.647 bits per heavy atom. The van der Waals surface area contributed by atoms with E-state index in [4.69, 9.17) is 51.1 Å². The molecule has 0 rings (SSSR count). The van der Waals surface area contributed by atoms with Crippen LogP contribution in [0.25, 0.3) is 0 Å². The Bertz CT molecular complexity index is 349. The summed E-state index contributed by atoms with van der Waals surface area (Å²) in [6.07, 6.45) is 0. The van der Waals surface area contributed by atoms with Gasteiger partial charge < -0.3 is 60.9 Å². The van der Waals surface area contributed by atoms with Gasteiger partial charge in [-0.25, -0.2) is 0 Å². The summed E-state index contributed by atoms with van der Waals surface area (Å²) in [5.74, 6) is -4.33. The summed E-state index contributed by atoms with van der Waals surface area (Å²) in [7, 11) is 0. The molecule has 0 bridgehead atoms. The maximum absolute atomic E-state index is 8.89. The molecule has 12 nitrogen and oxygen atoms in total. The van der Waals surface area contributed by atoms with Crippen LogP contribution < -0.4 is 31.9 Å². The predicted octanol–water partition coefficient (Wildman–Crippen LogP) is -4.41. The fraction of sp³-hybridized carbons (Fsp3) is 0.800. The van der Waals surface area contributed by atoms with E-state index in [1.807, 2.05) is 0 Å². The van der Waals surface area contributed by atoms with Gasteiger partial charge in [-0.3, -0.25) is 0 Å². The quantitative estimate of drug-likeness (QED) is 0.253. The molecule has 34 heavy (non-hydrogen) atoms. The van der Waals surface area contributed by atoms with E-state index >= 15 is 0 Å². The summed E-state index contributed by atoms with van der Waals surface area (Å²) < 4.78 is 0. The summed E-state index contributed by atoms with van der Waals surface area (Å²) in [4.78, 5) is 40.2. The van der Waals surface area contributed by atoms with Gasteiger partial charge in [-0.15, -0.1) is 0 Å². The molecule has 4 N–H and O–H groups in total. The molecule has 0 atom stereocenters. The van der Waals surface area contributed by atoms with E-state index in [0.29, 0.717) is 0 Å². The molecule has 0 amide bonds. The van der Waals surface area contributed by atoms with Gasteiger partial charge in [-0.05, 0) is 53.9 Å². The molecule has 0 spiro atoms. The van der Waals surface area contributed by atoms with Crippen molar-refractivity contribution in [2.24, 2.45) is 11.5 Å².